The Bertz CT molecular complexity index is 991. The molecule has 144 valence electrons. The predicted octanol–water partition coefficient (Wildman–Crippen LogP) is 2.67. The van der Waals surface area contributed by atoms with Gasteiger partial charge >= 0.3 is 0 Å². The van der Waals surface area contributed by atoms with Gasteiger partial charge in [-0.15, -0.1) is 0 Å². The number of piperazine rings is 1. The van der Waals surface area contributed by atoms with Crippen molar-refractivity contribution in [1.82, 2.24) is 20.4 Å². The first kappa shape index (κ1) is 18.1. The summed E-state index contributed by atoms with van der Waals surface area (Å²) in [6.45, 7) is 1.62. The van der Waals surface area contributed by atoms with E-state index in [1.54, 1.807) is 48.4 Å². The Morgan fingerprint density at radius 3 is 2.96 bits per heavy atom. The van der Waals surface area contributed by atoms with E-state index in [-0.39, 0.29) is 29.5 Å². The van der Waals surface area contributed by atoms with Crippen LogP contribution in [0.3, 0.4) is 0 Å². The van der Waals surface area contributed by atoms with Gasteiger partial charge in [-0.2, -0.15) is 4.98 Å². The Morgan fingerprint density at radius 2 is 2.14 bits per heavy atom. The smallest absolute Gasteiger partial charge is 0.295 e. The molecule has 1 unspecified atom stereocenters. The van der Waals surface area contributed by atoms with Gasteiger partial charge in [-0.1, -0.05) is 23.4 Å². The number of hydrogen-bond donors (Lipinski definition) is 1. The normalized spacial score (nSPS) is 16.8. The number of halogens is 1. The van der Waals surface area contributed by atoms with Gasteiger partial charge in [0.05, 0.1) is 13.2 Å². The maximum atomic E-state index is 13.7. The summed E-state index contributed by atoms with van der Waals surface area (Å²) in [5.74, 6) is 0.168. The fraction of sp³-hybridized carbons (Fsp3) is 0.250. The fourth-order valence-electron chi connectivity index (χ4n) is 3.27. The second-order valence-corrected chi connectivity index (χ2v) is 6.43. The van der Waals surface area contributed by atoms with Gasteiger partial charge < -0.3 is 19.5 Å². The Morgan fingerprint density at radius 1 is 1.29 bits per heavy atom. The van der Waals surface area contributed by atoms with Gasteiger partial charge in [-0.05, 0) is 35.9 Å². The molecule has 1 fully saturated rings. The third-order valence-corrected chi connectivity index (χ3v) is 4.67. The van der Waals surface area contributed by atoms with Crippen molar-refractivity contribution < 1.29 is 18.4 Å². The zero-order valence-corrected chi connectivity index (χ0v) is 15.3. The number of carbonyl (C=O) groups is 1. The zero-order valence-electron chi connectivity index (χ0n) is 15.3. The minimum absolute atomic E-state index is 0.0267. The molecular weight excluding hydrogens is 363 g/mol. The minimum atomic E-state index is -0.353. The van der Waals surface area contributed by atoms with Crippen LogP contribution < -0.4 is 10.1 Å². The topological polar surface area (TPSA) is 80.5 Å². The van der Waals surface area contributed by atoms with E-state index in [1.807, 2.05) is 0 Å². The fourth-order valence-corrected chi connectivity index (χ4v) is 3.27. The average molecular weight is 382 g/mol. The lowest BCUT2D eigenvalue weighted by Crippen LogP contribution is -2.49. The monoisotopic (exact) mass is 382 g/mol. The molecule has 1 amide bonds. The molecule has 3 aromatic rings. The number of carbonyl (C=O) groups excluding carboxylic acids is 1. The van der Waals surface area contributed by atoms with E-state index in [1.165, 1.54) is 12.1 Å². The number of aromatic nitrogens is 2. The lowest BCUT2D eigenvalue weighted by atomic mass is 10.0. The van der Waals surface area contributed by atoms with Crippen molar-refractivity contribution in [2.24, 2.45) is 0 Å². The van der Waals surface area contributed by atoms with Crippen molar-refractivity contribution in [2.75, 3.05) is 26.7 Å². The third-order valence-electron chi connectivity index (χ3n) is 4.67. The Labute approximate surface area is 161 Å². The predicted molar refractivity (Wildman–Crippen MR) is 99.3 cm³/mol. The maximum absolute atomic E-state index is 13.7. The summed E-state index contributed by atoms with van der Waals surface area (Å²) < 4.78 is 24.1. The van der Waals surface area contributed by atoms with Crippen LogP contribution in [0.4, 0.5) is 4.39 Å². The molecule has 1 aliphatic heterocycles. The van der Waals surface area contributed by atoms with Crippen LogP contribution in [-0.4, -0.2) is 47.7 Å². The quantitative estimate of drug-likeness (QED) is 0.747. The molecule has 1 atom stereocenters. The Balaban J connectivity index is 1.60. The van der Waals surface area contributed by atoms with Crippen LogP contribution in [0.25, 0.3) is 11.5 Å². The van der Waals surface area contributed by atoms with Gasteiger partial charge in [0, 0.05) is 25.2 Å². The number of amides is 1. The number of hydrogen-bond acceptors (Lipinski definition) is 6. The van der Waals surface area contributed by atoms with Crippen molar-refractivity contribution in [3.8, 4) is 17.2 Å². The molecule has 2 heterocycles. The average Bonchev–Trinajstić information content (AvgIpc) is 3.23. The summed E-state index contributed by atoms with van der Waals surface area (Å²) in [6.07, 6.45) is 0. The molecule has 0 bridgehead atoms. The SMILES string of the molecule is COc1cccc(-c2nc(C(=O)N3CCNCC3c3cccc(F)c3)no2)c1. The highest BCUT2D eigenvalue weighted by Gasteiger charge is 2.31. The van der Waals surface area contributed by atoms with Crippen molar-refractivity contribution >= 4 is 5.91 Å². The lowest BCUT2D eigenvalue weighted by molar-refractivity contribution is 0.0618. The molecule has 0 saturated carbocycles. The molecule has 7 nitrogen and oxygen atoms in total. The summed E-state index contributed by atoms with van der Waals surface area (Å²) in [7, 11) is 1.57. The molecule has 0 aliphatic carbocycles. The van der Waals surface area contributed by atoms with Crippen molar-refractivity contribution in [2.45, 2.75) is 6.04 Å². The molecule has 1 aromatic heterocycles. The molecule has 28 heavy (non-hydrogen) atoms. The van der Waals surface area contributed by atoms with E-state index < -0.39 is 0 Å². The van der Waals surface area contributed by atoms with E-state index in [9.17, 15) is 9.18 Å². The number of nitrogens with zero attached hydrogens (tertiary/aromatic N) is 3. The van der Waals surface area contributed by atoms with Crippen LogP contribution in [0.5, 0.6) is 5.75 Å². The van der Waals surface area contributed by atoms with Crippen LogP contribution in [0.15, 0.2) is 53.1 Å². The lowest BCUT2D eigenvalue weighted by Gasteiger charge is -2.35. The van der Waals surface area contributed by atoms with Crippen molar-refractivity contribution in [1.29, 1.82) is 0 Å². The number of nitrogens with one attached hydrogen (secondary N) is 1. The highest BCUT2D eigenvalue weighted by atomic mass is 19.1. The van der Waals surface area contributed by atoms with Crippen molar-refractivity contribution in [3.63, 3.8) is 0 Å². The van der Waals surface area contributed by atoms with Gasteiger partial charge in [-0.25, -0.2) is 4.39 Å². The summed E-state index contributed by atoms with van der Waals surface area (Å²) in [5, 5.41) is 7.09. The first-order valence-electron chi connectivity index (χ1n) is 8.91. The summed E-state index contributed by atoms with van der Waals surface area (Å²) in [4.78, 5) is 18.9. The summed E-state index contributed by atoms with van der Waals surface area (Å²) in [6, 6.07) is 13.1. The molecule has 1 N–H and O–H groups in total. The standard InChI is InChI=1S/C20H19FN4O3/c1-27-16-7-3-5-14(11-16)19-23-18(24-28-19)20(26)25-9-8-22-12-17(25)13-4-2-6-15(21)10-13/h2-7,10-11,17,22H,8-9,12H2,1H3. The van der Waals surface area contributed by atoms with Gasteiger partial charge in [0.1, 0.15) is 11.6 Å². The van der Waals surface area contributed by atoms with Gasteiger partial charge in [-0.3, -0.25) is 4.79 Å². The highest BCUT2D eigenvalue weighted by molar-refractivity contribution is 5.91. The van der Waals surface area contributed by atoms with E-state index in [0.717, 1.165) is 5.56 Å². The van der Waals surface area contributed by atoms with Gasteiger partial charge in [0.2, 0.25) is 0 Å². The summed E-state index contributed by atoms with van der Waals surface area (Å²) in [5.41, 5.74) is 1.38. The minimum Gasteiger partial charge on any atom is -0.497 e. The van der Waals surface area contributed by atoms with E-state index in [2.05, 4.69) is 15.5 Å². The molecule has 4 rings (SSSR count). The van der Waals surface area contributed by atoms with Crippen molar-refractivity contribution in [3.05, 3.63) is 65.7 Å². The first-order chi connectivity index (χ1) is 13.7. The number of methoxy groups -OCH3 is 1. The molecular formula is C20H19FN4O3. The third kappa shape index (κ3) is 3.59. The molecule has 2 aromatic carbocycles. The molecule has 1 aliphatic rings. The van der Waals surface area contributed by atoms with E-state index in [4.69, 9.17) is 9.26 Å². The maximum Gasteiger partial charge on any atom is 0.295 e. The number of ether oxygens (including phenoxy) is 1. The molecule has 0 spiro atoms. The van der Waals surface area contributed by atoms with E-state index >= 15 is 0 Å². The van der Waals surface area contributed by atoms with Gasteiger partial charge in [0.25, 0.3) is 17.6 Å². The van der Waals surface area contributed by atoms with Crippen LogP contribution in [-0.2, 0) is 0 Å². The Kier molecular flexibility index (Phi) is 5.03. The highest BCUT2D eigenvalue weighted by Crippen LogP contribution is 2.26. The van der Waals surface area contributed by atoms with Crippen LogP contribution in [0, 0.1) is 5.82 Å². The summed E-state index contributed by atoms with van der Waals surface area (Å²) >= 11 is 0. The molecule has 0 radical (unpaired) electrons. The second-order valence-electron chi connectivity index (χ2n) is 6.43. The Hall–Kier alpha value is -3.26. The van der Waals surface area contributed by atoms with Crippen LogP contribution >= 0.6 is 0 Å². The van der Waals surface area contributed by atoms with Crippen LogP contribution in [0.2, 0.25) is 0 Å². The molecule has 8 heteroatoms. The van der Waals surface area contributed by atoms with Gasteiger partial charge in [0.15, 0.2) is 0 Å². The zero-order chi connectivity index (χ0) is 19.5. The number of benzene rings is 2. The van der Waals surface area contributed by atoms with E-state index in [0.29, 0.717) is 30.9 Å². The van der Waals surface area contributed by atoms with Crippen LogP contribution in [0.1, 0.15) is 22.2 Å². The number of rotatable bonds is 4. The molecule has 1 saturated heterocycles. The largest absolute Gasteiger partial charge is 0.497 e. The second kappa shape index (κ2) is 7.77. The first-order valence-corrected chi connectivity index (χ1v) is 8.91.